The van der Waals surface area contributed by atoms with Gasteiger partial charge in [-0.2, -0.15) is 15.1 Å². The van der Waals surface area contributed by atoms with Gasteiger partial charge in [0, 0.05) is 0 Å². The second kappa shape index (κ2) is 4.77. The summed E-state index contributed by atoms with van der Waals surface area (Å²) in [6.07, 6.45) is 0. The third-order valence-corrected chi connectivity index (χ3v) is 6.75. The van der Waals surface area contributed by atoms with Crippen LogP contribution in [0.3, 0.4) is 0 Å². The van der Waals surface area contributed by atoms with Crippen molar-refractivity contribution in [3.63, 3.8) is 0 Å². The van der Waals surface area contributed by atoms with Crippen LogP contribution in [0, 0.1) is 0 Å². The first-order valence-electron chi connectivity index (χ1n) is 5.25. The maximum Gasteiger partial charge on any atom is 1.00 e. The molecule has 0 aromatic carbocycles. The Bertz CT molecular complexity index is 133. The average molecular weight is 206 g/mol. The summed E-state index contributed by atoms with van der Waals surface area (Å²) in [5.74, 6) is 0. The van der Waals surface area contributed by atoms with Gasteiger partial charge in [0.15, 0.2) is 0 Å². The van der Waals surface area contributed by atoms with Crippen LogP contribution in [0.5, 0.6) is 0 Å². The molecule has 0 aromatic heterocycles. The largest absolute Gasteiger partial charge is 1.00 e. The summed E-state index contributed by atoms with van der Waals surface area (Å²) in [5, 5.41) is 1.46. The van der Waals surface area contributed by atoms with Gasteiger partial charge in [-0.05, 0) is 0 Å². The van der Waals surface area contributed by atoms with Gasteiger partial charge in [-0.15, -0.1) is 0 Å². The molecule has 14 heavy (non-hydrogen) atoms. The molecule has 80 valence electrons. The fourth-order valence-corrected chi connectivity index (χ4v) is 10.1. The molecule has 0 aromatic rings. The first kappa shape index (κ1) is 17.2. The van der Waals surface area contributed by atoms with Crippen LogP contribution in [0.15, 0.2) is 0 Å². The van der Waals surface area contributed by atoms with Crippen molar-refractivity contribution in [3.8, 4) is 0 Å². The molecular formula is C12H27LiSi. The van der Waals surface area contributed by atoms with Gasteiger partial charge in [0.1, 0.15) is 0 Å². The van der Waals surface area contributed by atoms with Crippen molar-refractivity contribution in [1.82, 2.24) is 0 Å². The molecule has 0 radical (unpaired) electrons. The van der Waals surface area contributed by atoms with Gasteiger partial charge >= 0.3 is 18.9 Å². The van der Waals surface area contributed by atoms with Crippen molar-refractivity contribution in [3.05, 3.63) is 0 Å². The van der Waals surface area contributed by atoms with Gasteiger partial charge in [-0.1, -0.05) is 62.3 Å². The molecule has 0 aliphatic rings. The maximum atomic E-state index is 2.40. The second-order valence-corrected chi connectivity index (χ2v) is 12.4. The Hall–Kier alpha value is 0.814. The SMILES string of the molecule is CC(C)(C)[Si-](C(C)(C)C)C(C)(C)C.[Li+]. The van der Waals surface area contributed by atoms with Gasteiger partial charge in [-0.25, -0.2) is 8.80 Å². The first-order valence-corrected chi connectivity index (χ1v) is 6.75. The molecule has 0 atom stereocenters. The molecule has 0 aliphatic carbocycles. The van der Waals surface area contributed by atoms with Crippen molar-refractivity contribution in [2.24, 2.45) is 0 Å². The van der Waals surface area contributed by atoms with Crippen LogP contribution in [-0.2, 0) is 0 Å². The quantitative estimate of drug-likeness (QED) is 0.531. The Balaban J connectivity index is 0. The molecule has 0 rings (SSSR count). The minimum absolute atomic E-state index is 0. The van der Waals surface area contributed by atoms with E-state index in [1.54, 1.807) is 0 Å². The van der Waals surface area contributed by atoms with Crippen molar-refractivity contribution in [2.45, 2.75) is 77.4 Å². The summed E-state index contributed by atoms with van der Waals surface area (Å²) in [5.41, 5.74) is 0. The zero-order valence-electron chi connectivity index (χ0n) is 12.0. The molecule has 0 unspecified atom stereocenters. The van der Waals surface area contributed by atoms with E-state index in [-0.39, 0.29) is 18.9 Å². The van der Waals surface area contributed by atoms with Crippen LogP contribution in [0.4, 0.5) is 0 Å². The van der Waals surface area contributed by atoms with Crippen molar-refractivity contribution >= 4 is 8.80 Å². The number of rotatable bonds is 0. The van der Waals surface area contributed by atoms with E-state index in [0.29, 0.717) is 15.1 Å². The Morgan fingerprint density at radius 3 is 0.643 bits per heavy atom. The molecule has 0 saturated carbocycles. The van der Waals surface area contributed by atoms with E-state index in [0.717, 1.165) is 0 Å². The van der Waals surface area contributed by atoms with Gasteiger partial charge < -0.3 is 0 Å². The topological polar surface area (TPSA) is 0 Å². The van der Waals surface area contributed by atoms with Crippen LogP contribution in [0.25, 0.3) is 0 Å². The fraction of sp³-hybridized carbons (Fsp3) is 1.00. The Labute approximate surface area is 105 Å². The Morgan fingerprint density at radius 1 is 0.500 bits per heavy atom. The third kappa shape index (κ3) is 5.05. The summed E-state index contributed by atoms with van der Waals surface area (Å²) in [6, 6.07) is 0. The van der Waals surface area contributed by atoms with E-state index in [2.05, 4.69) is 62.3 Å². The van der Waals surface area contributed by atoms with E-state index >= 15 is 0 Å². The molecule has 0 fully saturated rings. The zero-order valence-corrected chi connectivity index (χ0v) is 13.0. The molecule has 0 amide bonds. The minimum atomic E-state index is -0.391. The average Bonchev–Trinajstić information content (AvgIpc) is 1.44. The van der Waals surface area contributed by atoms with Gasteiger partial charge in [-0.3, -0.25) is 0 Å². The van der Waals surface area contributed by atoms with Crippen LogP contribution >= 0.6 is 0 Å². The normalized spacial score (nSPS) is 14.1. The van der Waals surface area contributed by atoms with Crippen LogP contribution in [-0.4, -0.2) is 8.80 Å². The smallest absolute Gasteiger partial charge is 0.239 e. The fourth-order valence-electron chi connectivity index (χ4n) is 3.38. The van der Waals surface area contributed by atoms with Crippen molar-refractivity contribution in [2.75, 3.05) is 0 Å². The predicted molar refractivity (Wildman–Crippen MR) is 64.9 cm³/mol. The van der Waals surface area contributed by atoms with E-state index in [1.165, 1.54) is 0 Å². The molecule has 0 saturated heterocycles. The summed E-state index contributed by atoms with van der Waals surface area (Å²) in [6.45, 7) is 21.6. The molecule has 0 N–H and O–H groups in total. The third-order valence-electron chi connectivity index (χ3n) is 2.25. The predicted octanol–water partition coefficient (Wildman–Crippen LogP) is 1.89. The van der Waals surface area contributed by atoms with Gasteiger partial charge in [0.2, 0.25) is 0 Å². The van der Waals surface area contributed by atoms with Gasteiger partial charge in [0.25, 0.3) is 0 Å². The van der Waals surface area contributed by atoms with Crippen LogP contribution in [0.2, 0.25) is 15.1 Å². The summed E-state index contributed by atoms with van der Waals surface area (Å²) in [4.78, 5) is 0. The van der Waals surface area contributed by atoms with Crippen LogP contribution < -0.4 is 18.9 Å². The number of hydrogen-bond donors (Lipinski definition) is 0. The molecule has 0 bridgehead atoms. The van der Waals surface area contributed by atoms with E-state index in [4.69, 9.17) is 0 Å². The summed E-state index contributed by atoms with van der Waals surface area (Å²) < 4.78 is 0. The van der Waals surface area contributed by atoms with E-state index < -0.39 is 8.80 Å². The summed E-state index contributed by atoms with van der Waals surface area (Å²) in [7, 11) is -0.391. The van der Waals surface area contributed by atoms with Crippen LogP contribution in [0.1, 0.15) is 62.3 Å². The van der Waals surface area contributed by atoms with E-state index in [9.17, 15) is 0 Å². The Morgan fingerprint density at radius 2 is 0.643 bits per heavy atom. The standard InChI is InChI=1S/C12H27Si.Li/c1-10(2,3)13(11(4,5)6)12(7,8)9;/h1-9H3;/q-1;+1. The van der Waals surface area contributed by atoms with E-state index in [1.807, 2.05) is 0 Å². The van der Waals surface area contributed by atoms with Crippen molar-refractivity contribution < 1.29 is 18.9 Å². The number of hydrogen-bond acceptors (Lipinski definition) is 0. The second-order valence-electron chi connectivity index (χ2n) is 7.12. The molecular weight excluding hydrogens is 179 g/mol. The van der Waals surface area contributed by atoms with Crippen molar-refractivity contribution in [1.29, 1.82) is 0 Å². The molecule has 2 heteroatoms. The maximum absolute atomic E-state index is 2.40. The first-order chi connectivity index (χ1) is 5.37. The molecule has 0 aliphatic heterocycles. The summed E-state index contributed by atoms with van der Waals surface area (Å²) >= 11 is 0. The minimum Gasteiger partial charge on any atom is -0.239 e. The zero-order chi connectivity index (χ0) is 11.1. The Kier molecular flexibility index (Phi) is 5.86. The monoisotopic (exact) mass is 206 g/mol. The van der Waals surface area contributed by atoms with Gasteiger partial charge in [0.05, 0.1) is 0 Å². The molecule has 0 nitrogen and oxygen atoms in total. The molecule has 0 heterocycles. The molecule has 0 spiro atoms.